The van der Waals surface area contributed by atoms with Crippen LogP contribution in [-0.4, -0.2) is 48.6 Å². The van der Waals surface area contributed by atoms with E-state index in [-0.39, 0.29) is 5.56 Å². The molecule has 2 saturated heterocycles. The van der Waals surface area contributed by atoms with Crippen molar-refractivity contribution in [2.45, 2.75) is 40.2 Å². The van der Waals surface area contributed by atoms with Gasteiger partial charge in [0.1, 0.15) is 11.3 Å². The average Bonchev–Trinajstić information content (AvgIpc) is 3.14. The summed E-state index contributed by atoms with van der Waals surface area (Å²) in [6, 6.07) is 3.61. The molecule has 0 amide bonds. The molecule has 32 heavy (non-hydrogen) atoms. The second-order valence-electron chi connectivity index (χ2n) is 10.1. The van der Waals surface area contributed by atoms with E-state index in [4.69, 9.17) is 9.47 Å². The van der Waals surface area contributed by atoms with Crippen LogP contribution in [0, 0.1) is 11.3 Å². The summed E-state index contributed by atoms with van der Waals surface area (Å²) in [5.74, 6) is 0.648. The van der Waals surface area contributed by atoms with Crippen molar-refractivity contribution in [1.29, 1.82) is 0 Å². The van der Waals surface area contributed by atoms with Gasteiger partial charge in [-0.15, -0.1) is 0 Å². The van der Waals surface area contributed by atoms with Gasteiger partial charge < -0.3 is 24.0 Å². The van der Waals surface area contributed by atoms with E-state index >= 15 is 0 Å². The van der Waals surface area contributed by atoms with E-state index in [1.165, 1.54) is 23.4 Å². The molecule has 1 aromatic carbocycles. The minimum atomic E-state index is -1.18. The van der Waals surface area contributed by atoms with Gasteiger partial charge in [0.25, 0.3) is 0 Å². The van der Waals surface area contributed by atoms with Crippen LogP contribution in [0.15, 0.2) is 23.1 Å². The summed E-state index contributed by atoms with van der Waals surface area (Å²) >= 11 is 0. The van der Waals surface area contributed by atoms with Crippen molar-refractivity contribution >= 4 is 11.7 Å². The molecule has 4 aliphatic rings. The average molecular weight is 439 g/mol. The summed E-state index contributed by atoms with van der Waals surface area (Å²) in [6.45, 7) is 11.4. The molecule has 0 atom stereocenters. The fraction of sp³-hybridized carbons (Fsp3) is 0.520. The number of carboxylic acids is 1. The normalized spacial score (nSPS) is 19.1. The summed E-state index contributed by atoms with van der Waals surface area (Å²) in [4.78, 5) is 26.0. The van der Waals surface area contributed by atoms with Crippen LogP contribution in [0.25, 0.3) is 11.3 Å². The van der Waals surface area contributed by atoms with Gasteiger partial charge in [-0.05, 0) is 24.0 Å². The quantitative estimate of drug-likeness (QED) is 0.776. The van der Waals surface area contributed by atoms with Crippen molar-refractivity contribution < 1.29 is 19.4 Å². The number of benzene rings is 1. The standard InChI is InChI=1S/C21H20N2O5.C4H10/c24-18-6-16-14-5-17(23-8-21(9-23)10-27-11-21)19-13(2-4-28-19)12(14)1-3-22(16)7-15(18)20(25)26;1-4(2)3/h5-7H,1-4,8-11H2,(H,25,26);4H,1-3H3. The SMILES string of the molecule is CC(C)C.O=C(O)c1cn2c(cc1=O)-c1cc(N3CC4(COC4)C3)c3c(c1CC2)CCO3. The molecule has 0 unspecified atom stereocenters. The predicted molar refractivity (Wildman–Crippen MR) is 122 cm³/mol. The zero-order chi connectivity index (χ0) is 22.6. The van der Waals surface area contributed by atoms with Gasteiger partial charge in [-0.25, -0.2) is 4.79 Å². The lowest BCUT2D eigenvalue weighted by atomic mass is 9.77. The molecule has 0 bridgehead atoms. The second-order valence-corrected chi connectivity index (χ2v) is 10.1. The lowest BCUT2D eigenvalue weighted by molar-refractivity contribution is -0.127. The Morgan fingerprint density at radius 3 is 2.47 bits per heavy atom. The van der Waals surface area contributed by atoms with E-state index < -0.39 is 11.4 Å². The van der Waals surface area contributed by atoms with Crippen LogP contribution >= 0.6 is 0 Å². The van der Waals surface area contributed by atoms with E-state index in [9.17, 15) is 14.7 Å². The third kappa shape index (κ3) is 3.39. The molecule has 170 valence electrons. The summed E-state index contributed by atoms with van der Waals surface area (Å²) in [5, 5.41) is 9.28. The van der Waals surface area contributed by atoms with Crippen LogP contribution in [-0.2, 0) is 24.1 Å². The molecule has 0 saturated carbocycles. The van der Waals surface area contributed by atoms with Crippen LogP contribution in [0.1, 0.15) is 42.3 Å². The monoisotopic (exact) mass is 438 g/mol. The summed E-state index contributed by atoms with van der Waals surface area (Å²) < 4.78 is 13.3. The number of aromatic nitrogens is 1. The number of carboxylic acid groups (broad SMARTS) is 1. The highest BCUT2D eigenvalue weighted by Gasteiger charge is 2.50. The molecule has 2 fully saturated rings. The third-order valence-corrected chi connectivity index (χ3v) is 6.52. The smallest absolute Gasteiger partial charge is 0.341 e. The zero-order valence-electron chi connectivity index (χ0n) is 18.9. The van der Waals surface area contributed by atoms with Gasteiger partial charge in [0.15, 0.2) is 5.43 Å². The molecule has 1 aromatic heterocycles. The first-order valence-electron chi connectivity index (χ1n) is 11.4. The van der Waals surface area contributed by atoms with E-state index in [0.717, 1.165) is 67.8 Å². The summed E-state index contributed by atoms with van der Waals surface area (Å²) in [5.41, 5.74) is 5.09. The fourth-order valence-corrected chi connectivity index (χ4v) is 5.06. The van der Waals surface area contributed by atoms with Crippen LogP contribution in [0.4, 0.5) is 5.69 Å². The number of carbonyl (C=O) groups is 1. The Morgan fingerprint density at radius 1 is 1.12 bits per heavy atom. The van der Waals surface area contributed by atoms with Crippen LogP contribution < -0.4 is 15.1 Å². The molecular formula is C25H30N2O5. The molecule has 0 radical (unpaired) electrons. The lowest BCUT2D eigenvalue weighted by Gasteiger charge is -2.56. The third-order valence-electron chi connectivity index (χ3n) is 6.52. The fourth-order valence-electron chi connectivity index (χ4n) is 5.06. The molecule has 1 spiro atoms. The number of pyridine rings is 1. The first-order valence-corrected chi connectivity index (χ1v) is 11.4. The molecule has 0 aliphatic carbocycles. The van der Waals surface area contributed by atoms with E-state index in [2.05, 4.69) is 31.7 Å². The van der Waals surface area contributed by atoms with Crippen molar-refractivity contribution in [2.24, 2.45) is 11.3 Å². The van der Waals surface area contributed by atoms with Gasteiger partial charge in [-0.2, -0.15) is 0 Å². The number of hydrogen-bond acceptors (Lipinski definition) is 5. The van der Waals surface area contributed by atoms with Crippen LogP contribution in [0.3, 0.4) is 0 Å². The maximum Gasteiger partial charge on any atom is 0.341 e. The maximum absolute atomic E-state index is 12.4. The van der Waals surface area contributed by atoms with Crippen molar-refractivity contribution in [3.8, 4) is 17.0 Å². The van der Waals surface area contributed by atoms with Gasteiger partial charge in [-0.1, -0.05) is 20.8 Å². The van der Waals surface area contributed by atoms with Gasteiger partial charge in [0.05, 0.1) is 36.6 Å². The van der Waals surface area contributed by atoms with E-state index in [1.807, 2.05) is 4.57 Å². The summed E-state index contributed by atoms with van der Waals surface area (Å²) in [6.07, 6.45) is 3.18. The topological polar surface area (TPSA) is 81.0 Å². The van der Waals surface area contributed by atoms with Gasteiger partial charge in [-0.3, -0.25) is 4.79 Å². The number of anilines is 1. The highest BCUT2D eigenvalue weighted by Crippen LogP contribution is 2.49. The number of aryl methyl sites for hydroxylation is 1. The Labute approximate surface area is 187 Å². The Hall–Kier alpha value is -2.80. The highest BCUT2D eigenvalue weighted by atomic mass is 16.5. The largest absolute Gasteiger partial charge is 0.491 e. The first kappa shape index (κ1) is 21.1. The van der Waals surface area contributed by atoms with Crippen LogP contribution in [0.5, 0.6) is 5.75 Å². The Balaban J connectivity index is 0.000000501. The van der Waals surface area contributed by atoms with Gasteiger partial charge >= 0.3 is 5.97 Å². The number of aromatic carboxylic acids is 1. The van der Waals surface area contributed by atoms with E-state index in [1.54, 1.807) is 0 Å². The zero-order valence-corrected chi connectivity index (χ0v) is 18.9. The second kappa shape index (κ2) is 7.66. The molecule has 4 aliphatic heterocycles. The number of fused-ring (bicyclic) bond motifs is 5. The molecule has 1 N–H and O–H groups in total. The van der Waals surface area contributed by atoms with Crippen molar-refractivity contribution in [2.75, 3.05) is 37.8 Å². The van der Waals surface area contributed by atoms with Gasteiger partial charge in [0, 0.05) is 49.4 Å². The molecular weight excluding hydrogens is 408 g/mol. The van der Waals surface area contributed by atoms with Gasteiger partial charge in [0.2, 0.25) is 0 Å². The van der Waals surface area contributed by atoms with Crippen molar-refractivity contribution in [3.05, 3.63) is 45.2 Å². The number of hydrogen-bond donors (Lipinski definition) is 1. The Kier molecular flexibility index (Phi) is 5.04. The van der Waals surface area contributed by atoms with Crippen LogP contribution in [0.2, 0.25) is 0 Å². The number of rotatable bonds is 2. The Bertz CT molecular complexity index is 1140. The van der Waals surface area contributed by atoms with E-state index in [0.29, 0.717) is 18.6 Å². The Morgan fingerprint density at radius 2 is 1.84 bits per heavy atom. The lowest BCUT2D eigenvalue weighted by Crippen LogP contribution is -2.66. The molecule has 2 aromatic rings. The molecule has 7 heteroatoms. The highest BCUT2D eigenvalue weighted by molar-refractivity contribution is 5.88. The molecule has 6 rings (SSSR count). The minimum Gasteiger partial charge on any atom is -0.491 e. The predicted octanol–water partition coefficient (Wildman–Crippen LogP) is 3.20. The number of nitrogens with zero attached hydrogens (tertiary/aromatic N) is 2. The number of ether oxygens (including phenoxy) is 2. The van der Waals surface area contributed by atoms with Crippen molar-refractivity contribution in [3.63, 3.8) is 0 Å². The molecule has 5 heterocycles. The molecule has 7 nitrogen and oxygen atoms in total. The maximum atomic E-state index is 12.4. The van der Waals surface area contributed by atoms with Crippen molar-refractivity contribution in [1.82, 2.24) is 4.57 Å². The summed E-state index contributed by atoms with van der Waals surface area (Å²) in [7, 11) is 0. The first-order chi connectivity index (χ1) is 15.3. The minimum absolute atomic E-state index is 0.174.